The van der Waals surface area contributed by atoms with Gasteiger partial charge in [-0.1, -0.05) is 40.0 Å². The van der Waals surface area contributed by atoms with Gasteiger partial charge >= 0.3 is 0 Å². The largest absolute Gasteiger partial charge is 0.311 e. The molecule has 1 heteroatoms. The molecule has 2 saturated carbocycles. The minimum Gasteiger partial charge on any atom is -0.311 e. The van der Waals surface area contributed by atoms with Gasteiger partial charge in [-0.3, -0.25) is 0 Å². The predicted molar refractivity (Wildman–Crippen MR) is 79.7 cm³/mol. The predicted octanol–water partition coefficient (Wildman–Crippen LogP) is 4.62. The first-order valence-corrected chi connectivity index (χ1v) is 8.34. The highest BCUT2D eigenvalue weighted by molar-refractivity contribution is 4.89. The van der Waals surface area contributed by atoms with E-state index >= 15 is 0 Å². The summed E-state index contributed by atoms with van der Waals surface area (Å²) in [5, 5.41) is 4.02. The van der Waals surface area contributed by atoms with Crippen molar-refractivity contribution in [3.63, 3.8) is 0 Å². The molecule has 0 saturated heterocycles. The van der Waals surface area contributed by atoms with Gasteiger partial charge in [0, 0.05) is 12.1 Å². The van der Waals surface area contributed by atoms with E-state index in [-0.39, 0.29) is 0 Å². The van der Waals surface area contributed by atoms with Gasteiger partial charge in [0.1, 0.15) is 0 Å². The molecule has 2 aliphatic carbocycles. The average molecular weight is 251 g/mol. The van der Waals surface area contributed by atoms with E-state index in [4.69, 9.17) is 0 Å². The van der Waals surface area contributed by atoms with Crippen LogP contribution in [0.4, 0.5) is 0 Å². The molecule has 0 spiro atoms. The summed E-state index contributed by atoms with van der Waals surface area (Å²) in [6.45, 7) is 9.70. The van der Waals surface area contributed by atoms with Crippen molar-refractivity contribution in [3.8, 4) is 0 Å². The van der Waals surface area contributed by atoms with Crippen molar-refractivity contribution in [2.24, 2.45) is 23.7 Å². The van der Waals surface area contributed by atoms with Crippen molar-refractivity contribution in [1.29, 1.82) is 0 Å². The molecule has 106 valence electrons. The van der Waals surface area contributed by atoms with Gasteiger partial charge in [0.05, 0.1) is 0 Å². The van der Waals surface area contributed by atoms with E-state index in [1.54, 1.807) is 0 Å². The maximum absolute atomic E-state index is 4.02. The first-order valence-electron chi connectivity index (χ1n) is 8.34. The van der Waals surface area contributed by atoms with Gasteiger partial charge in [-0.25, -0.2) is 0 Å². The van der Waals surface area contributed by atoms with Crippen LogP contribution in [0.15, 0.2) is 0 Å². The molecular formula is C17H33N. The van der Waals surface area contributed by atoms with E-state index in [0.717, 1.165) is 35.8 Å². The lowest BCUT2D eigenvalue weighted by Gasteiger charge is -2.40. The van der Waals surface area contributed by atoms with Crippen LogP contribution >= 0.6 is 0 Å². The molecule has 18 heavy (non-hydrogen) atoms. The van der Waals surface area contributed by atoms with E-state index < -0.39 is 0 Å². The van der Waals surface area contributed by atoms with Gasteiger partial charge in [0.15, 0.2) is 0 Å². The smallest absolute Gasteiger partial charge is 0.0103 e. The topological polar surface area (TPSA) is 12.0 Å². The van der Waals surface area contributed by atoms with E-state index in [2.05, 4.69) is 33.0 Å². The van der Waals surface area contributed by atoms with Crippen molar-refractivity contribution >= 4 is 0 Å². The van der Waals surface area contributed by atoms with Gasteiger partial charge in [0.2, 0.25) is 0 Å². The third-order valence-corrected chi connectivity index (χ3v) is 5.61. The second-order valence-electron chi connectivity index (χ2n) is 7.43. The molecule has 0 aromatic heterocycles. The van der Waals surface area contributed by atoms with Crippen molar-refractivity contribution in [1.82, 2.24) is 5.32 Å². The first-order chi connectivity index (χ1) is 8.58. The lowest BCUT2D eigenvalue weighted by atomic mass is 9.73. The van der Waals surface area contributed by atoms with Crippen molar-refractivity contribution in [2.45, 2.75) is 84.7 Å². The fourth-order valence-corrected chi connectivity index (χ4v) is 4.33. The summed E-state index contributed by atoms with van der Waals surface area (Å²) in [7, 11) is 0. The molecule has 0 aliphatic heterocycles. The van der Waals surface area contributed by atoms with Gasteiger partial charge in [-0.05, 0) is 56.3 Å². The molecular weight excluding hydrogens is 218 g/mol. The Kier molecular flexibility index (Phi) is 5.12. The Bertz CT molecular complexity index is 242. The summed E-state index contributed by atoms with van der Waals surface area (Å²) in [6.07, 6.45) is 10.1. The summed E-state index contributed by atoms with van der Waals surface area (Å²) in [5.74, 6) is 3.62. The highest BCUT2D eigenvalue weighted by Gasteiger charge is 2.33. The van der Waals surface area contributed by atoms with Crippen molar-refractivity contribution < 1.29 is 0 Å². The molecule has 0 aromatic carbocycles. The average Bonchev–Trinajstić information content (AvgIpc) is 2.81. The van der Waals surface area contributed by atoms with Crippen LogP contribution in [0.25, 0.3) is 0 Å². The summed E-state index contributed by atoms with van der Waals surface area (Å²) in [5.41, 5.74) is 0. The second-order valence-corrected chi connectivity index (χ2v) is 7.43. The fourth-order valence-electron chi connectivity index (χ4n) is 4.33. The molecule has 0 radical (unpaired) electrons. The Labute approximate surface area is 114 Å². The maximum Gasteiger partial charge on any atom is 0.0103 e. The summed E-state index contributed by atoms with van der Waals surface area (Å²) < 4.78 is 0. The fraction of sp³-hybridized carbons (Fsp3) is 1.00. The molecule has 1 N–H and O–H groups in total. The third-order valence-electron chi connectivity index (χ3n) is 5.61. The Morgan fingerprint density at radius 2 is 1.61 bits per heavy atom. The van der Waals surface area contributed by atoms with E-state index in [9.17, 15) is 0 Å². The normalized spacial score (nSPS) is 36.2. The van der Waals surface area contributed by atoms with Gasteiger partial charge in [-0.2, -0.15) is 0 Å². The number of rotatable bonds is 4. The summed E-state index contributed by atoms with van der Waals surface area (Å²) in [6, 6.07) is 1.52. The first kappa shape index (κ1) is 14.4. The molecule has 2 rings (SSSR count). The van der Waals surface area contributed by atoms with Crippen LogP contribution in [0.3, 0.4) is 0 Å². The van der Waals surface area contributed by atoms with Crippen LogP contribution in [0, 0.1) is 23.7 Å². The van der Waals surface area contributed by atoms with E-state index in [0.29, 0.717) is 0 Å². The molecule has 0 amide bonds. The van der Waals surface area contributed by atoms with Gasteiger partial charge < -0.3 is 5.32 Å². The van der Waals surface area contributed by atoms with Crippen LogP contribution in [0.1, 0.15) is 72.6 Å². The lowest BCUT2D eigenvalue weighted by Crippen LogP contribution is -2.48. The lowest BCUT2D eigenvalue weighted by molar-refractivity contribution is 0.150. The van der Waals surface area contributed by atoms with Crippen LogP contribution in [0.2, 0.25) is 0 Å². The minimum atomic E-state index is 0.740. The van der Waals surface area contributed by atoms with Crippen LogP contribution in [0.5, 0.6) is 0 Å². The second kappa shape index (κ2) is 6.41. The molecule has 0 bridgehead atoms. The van der Waals surface area contributed by atoms with E-state index in [1.165, 1.54) is 44.9 Å². The van der Waals surface area contributed by atoms with Gasteiger partial charge in [-0.15, -0.1) is 0 Å². The quantitative estimate of drug-likeness (QED) is 0.769. The molecule has 2 aliphatic rings. The maximum atomic E-state index is 4.02. The highest BCUT2D eigenvalue weighted by Crippen LogP contribution is 2.35. The molecule has 2 fully saturated rings. The zero-order chi connectivity index (χ0) is 13.1. The summed E-state index contributed by atoms with van der Waals surface area (Å²) in [4.78, 5) is 0. The highest BCUT2D eigenvalue weighted by atomic mass is 15.0. The Balaban J connectivity index is 1.90. The monoisotopic (exact) mass is 251 g/mol. The van der Waals surface area contributed by atoms with Gasteiger partial charge in [0.25, 0.3) is 0 Å². The molecule has 0 heterocycles. The standard InChI is InChI=1S/C17H33N/c1-12(2)16-10-9-13(3)11-17(16)18-14(4)15-7-5-6-8-15/h12-18H,5-11H2,1-4H3. The third kappa shape index (κ3) is 3.50. The molecule has 4 atom stereocenters. The van der Waals surface area contributed by atoms with Crippen LogP contribution in [-0.2, 0) is 0 Å². The Hall–Kier alpha value is -0.0400. The number of hydrogen-bond donors (Lipinski definition) is 1. The Morgan fingerprint density at radius 3 is 2.22 bits per heavy atom. The van der Waals surface area contributed by atoms with Crippen LogP contribution < -0.4 is 5.32 Å². The Morgan fingerprint density at radius 1 is 0.944 bits per heavy atom. The molecule has 0 aromatic rings. The minimum absolute atomic E-state index is 0.740. The molecule has 4 unspecified atom stereocenters. The summed E-state index contributed by atoms with van der Waals surface area (Å²) >= 11 is 0. The zero-order valence-electron chi connectivity index (χ0n) is 12.9. The SMILES string of the molecule is CC1CCC(C(C)C)C(NC(C)C2CCCC2)C1. The van der Waals surface area contributed by atoms with Crippen molar-refractivity contribution in [3.05, 3.63) is 0 Å². The van der Waals surface area contributed by atoms with Crippen molar-refractivity contribution in [2.75, 3.05) is 0 Å². The van der Waals surface area contributed by atoms with E-state index in [1.807, 2.05) is 0 Å². The number of hydrogen-bond acceptors (Lipinski definition) is 1. The van der Waals surface area contributed by atoms with Crippen LogP contribution in [-0.4, -0.2) is 12.1 Å². The number of nitrogens with one attached hydrogen (secondary N) is 1. The molecule has 1 nitrogen and oxygen atoms in total. The zero-order valence-corrected chi connectivity index (χ0v) is 12.9.